The summed E-state index contributed by atoms with van der Waals surface area (Å²) >= 11 is 1.68. The van der Waals surface area contributed by atoms with E-state index in [2.05, 4.69) is 74.0 Å². The molecule has 0 unspecified atom stereocenters. The largest absolute Gasteiger partial charge is 0.324 e. The maximum Gasteiger partial charge on any atom is 0.171 e. The molecule has 0 spiro atoms. The number of thiophene rings is 1. The average Bonchev–Trinajstić information content (AvgIpc) is 3.78. The normalized spacial score (nSPS) is 14.5. The van der Waals surface area contributed by atoms with E-state index in [0.717, 1.165) is 71.5 Å². The number of benzene rings is 2. The number of hydrogen-bond acceptors (Lipinski definition) is 6. The molecule has 1 aliphatic rings. The van der Waals surface area contributed by atoms with Gasteiger partial charge in [-0.1, -0.05) is 60.7 Å². The number of nitrogens with one attached hydrogen (secondary N) is 1. The first-order chi connectivity index (χ1) is 19.8. The Morgan fingerprint density at radius 1 is 0.900 bits per heavy atom. The molecule has 6 aromatic rings. The van der Waals surface area contributed by atoms with Crippen LogP contribution in [0.1, 0.15) is 35.7 Å². The van der Waals surface area contributed by atoms with Crippen molar-refractivity contribution in [1.82, 2.24) is 29.5 Å². The number of fused-ring (bicyclic) bond motifs is 1. The number of nitriles is 1. The van der Waals surface area contributed by atoms with E-state index in [1.165, 1.54) is 5.56 Å². The van der Waals surface area contributed by atoms with Crippen molar-refractivity contribution in [1.29, 1.82) is 5.26 Å². The van der Waals surface area contributed by atoms with Crippen molar-refractivity contribution < 1.29 is 0 Å². The monoisotopic (exact) mass is 541 g/mol. The van der Waals surface area contributed by atoms with Gasteiger partial charge in [-0.2, -0.15) is 5.26 Å². The van der Waals surface area contributed by atoms with Gasteiger partial charge in [0.15, 0.2) is 11.5 Å². The maximum absolute atomic E-state index is 9.67. The van der Waals surface area contributed by atoms with Crippen LogP contribution in [0.5, 0.6) is 0 Å². The SMILES string of the molecule is N#Cc1cccn2c(-c3ccccc3)c(-c3ccc(CN4CCC(c5nnc(-c6cccs6)[nH]5)CC4)cc3)nc12. The molecule has 0 atom stereocenters. The number of H-pyrrole nitrogens is 1. The Bertz CT molecular complexity index is 1790. The number of piperidine rings is 1. The van der Waals surface area contributed by atoms with Gasteiger partial charge in [-0.3, -0.25) is 9.30 Å². The molecule has 0 aliphatic carbocycles. The van der Waals surface area contributed by atoms with E-state index in [9.17, 15) is 5.26 Å². The molecule has 1 fully saturated rings. The van der Waals surface area contributed by atoms with E-state index in [1.807, 2.05) is 47.0 Å². The maximum atomic E-state index is 9.67. The van der Waals surface area contributed by atoms with E-state index in [1.54, 1.807) is 11.3 Å². The van der Waals surface area contributed by atoms with Crippen molar-refractivity contribution in [2.75, 3.05) is 13.1 Å². The molecule has 0 saturated carbocycles. The van der Waals surface area contributed by atoms with Crippen molar-refractivity contribution in [3.05, 3.63) is 107 Å². The quantitative estimate of drug-likeness (QED) is 0.252. The Labute approximate surface area is 236 Å². The van der Waals surface area contributed by atoms with Gasteiger partial charge >= 0.3 is 0 Å². The number of nitrogens with zero attached hydrogens (tertiary/aromatic N) is 6. The molecule has 196 valence electrons. The van der Waals surface area contributed by atoms with Gasteiger partial charge in [0.2, 0.25) is 0 Å². The van der Waals surface area contributed by atoms with Crippen molar-refractivity contribution >= 4 is 17.0 Å². The van der Waals surface area contributed by atoms with E-state index in [-0.39, 0.29) is 0 Å². The van der Waals surface area contributed by atoms with Crippen LogP contribution in [0.25, 0.3) is 38.9 Å². The third-order valence-corrected chi connectivity index (χ3v) is 8.56. The number of imidazole rings is 1. The lowest BCUT2D eigenvalue weighted by molar-refractivity contribution is 0.202. The molecule has 1 aliphatic heterocycles. The number of likely N-dealkylation sites (tertiary alicyclic amines) is 1. The van der Waals surface area contributed by atoms with Crippen molar-refractivity contribution in [2.24, 2.45) is 0 Å². The van der Waals surface area contributed by atoms with Crippen molar-refractivity contribution in [2.45, 2.75) is 25.3 Å². The lowest BCUT2D eigenvalue weighted by Crippen LogP contribution is -2.32. The molecule has 0 radical (unpaired) electrons. The van der Waals surface area contributed by atoms with Crippen LogP contribution in [0.15, 0.2) is 90.4 Å². The first-order valence-corrected chi connectivity index (χ1v) is 14.4. The Morgan fingerprint density at radius 3 is 2.48 bits per heavy atom. The Morgan fingerprint density at radius 2 is 1.73 bits per heavy atom. The van der Waals surface area contributed by atoms with E-state index in [0.29, 0.717) is 17.1 Å². The summed E-state index contributed by atoms with van der Waals surface area (Å²) in [5, 5.41) is 20.6. The number of aromatic amines is 1. The summed E-state index contributed by atoms with van der Waals surface area (Å²) < 4.78 is 2.03. The molecule has 7 nitrogen and oxygen atoms in total. The van der Waals surface area contributed by atoms with Crippen LogP contribution >= 0.6 is 11.3 Å². The Kier molecular flexibility index (Phi) is 6.44. The molecule has 0 amide bonds. The highest BCUT2D eigenvalue weighted by Gasteiger charge is 2.24. The van der Waals surface area contributed by atoms with Gasteiger partial charge < -0.3 is 4.98 Å². The van der Waals surface area contributed by atoms with Crippen LogP contribution in [-0.4, -0.2) is 42.6 Å². The van der Waals surface area contributed by atoms with Gasteiger partial charge in [-0.25, -0.2) is 4.98 Å². The fourth-order valence-corrected chi connectivity index (χ4v) is 6.27. The molecule has 2 aromatic carbocycles. The van der Waals surface area contributed by atoms with E-state index >= 15 is 0 Å². The third kappa shape index (κ3) is 4.60. The Hall–Kier alpha value is -4.58. The fraction of sp³-hybridized carbons (Fsp3) is 0.188. The predicted octanol–water partition coefficient (Wildman–Crippen LogP) is 6.77. The number of rotatable bonds is 6. The number of aromatic nitrogens is 5. The van der Waals surface area contributed by atoms with Crippen LogP contribution in [0, 0.1) is 11.3 Å². The summed E-state index contributed by atoms with van der Waals surface area (Å²) in [5.74, 6) is 2.30. The average molecular weight is 542 g/mol. The minimum Gasteiger partial charge on any atom is -0.324 e. The summed E-state index contributed by atoms with van der Waals surface area (Å²) in [6.45, 7) is 2.98. The van der Waals surface area contributed by atoms with Crippen LogP contribution in [0.4, 0.5) is 0 Å². The molecule has 5 heterocycles. The number of hydrogen-bond donors (Lipinski definition) is 1. The lowest BCUT2D eigenvalue weighted by atomic mass is 9.95. The van der Waals surface area contributed by atoms with Gasteiger partial charge in [0.25, 0.3) is 0 Å². The predicted molar refractivity (Wildman–Crippen MR) is 158 cm³/mol. The van der Waals surface area contributed by atoms with Crippen LogP contribution < -0.4 is 0 Å². The molecule has 40 heavy (non-hydrogen) atoms. The first kappa shape index (κ1) is 24.5. The second-order valence-electron chi connectivity index (χ2n) is 10.2. The second-order valence-corrected chi connectivity index (χ2v) is 11.1. The zero-order valence-electron chi connectivity index (χ0n) is 21.9. The summed E-state index contributed by atoms with van der Waals surface area (Å²) in [6, 6.07) is 29.1. The minimum atomic E-state index is 0.421. The van der Waals surface area contributed by atoms with Gasteiger partial charge in [0, 0.05) is 29.8 Å². The van der Waals surface area contributed by atoms with Crippen LogP contribution in [0.2, 0.25) is 0 Å². The zero-order chi connectivity index (χ0) is 26.9. The summed E-state index contributed by atoms with van der Waals surface area (Å²) in [5.41, 5.74) is 6.53. The van der Waals surface area contributed by atoms with Gasteiger partial charge in [-0.05, 0) is 55.1 Å². The minimum absolute atomic E-state index is 0.421. The molecular formula is C32H27N7S. The van der Waals surface area contributed by atoms with Gasteiger partial charge in [0.05, 0.1) is 21.8 Å². The first-order valence-electron chi connectivity index (χ1n) is 13.5. The molecule has 7 rings (SSSR count). The van der Waals surface area contributed by atoms with Crippen LogP contribution in [0.3, 0.4) is 0 Å². The molecule has 1 N–H and O–H groups in total. The van der Waals surface area contributed by atoms with E-state index in [4.69, 9.17) is 4.98 Å². The molecule has 4 aromatic heterocycles. The molecular weight excluding hydrogens is 514 g/mol. The Balaban J connectivity index is 1.08. The fourth-order valence-electron chi connectivity index (χ4n) is 5.60. The summed E-state index contributed by atoms with van der Waals surface area (Å²) in [4.78, 5) is 12.0. The van der Waals surface area contributed by atoms with E-state index < -0.39 is 0 Å². The summed E-state index contributed by atoms with van der Waals surface area (Å²) in [7, 11) is 0. The van der Waals surface area contributed by atoms with Gasteiger partial charge in [0.1, 0.15) is 11.9 Å². The topological polar surface area (TPSA) is 85.9 Å². The van der Waals surface area contributed by atoms with Crippen molar-refractivity contribution in [3.8, 4) is 39.3 Å². The highest BCUT2D eigenvalue weighted by Crippen LogP contribution is 2.34. The van der Waals surface area contributed by atoms with Gasteiger partial charge in [-0.15, -0.1) is 21.5 Å². The molecule has 1 saturated heterocycles. The molecule has 0 bridgehead atoms. The highest BCUT2D eigenvalue weighted by molar-refractivity contribution is 7.13. The molecule has 8 heteroatoms. The standard InChI is InChI=1S/C32H27N7S/c33-20-26-8-4-16-39-29(24-6-2-1-3-7-24)28(34-32(26)39)23-12-10-22(11-13-23)21-38-17-14-25(15-18-38)30-35-31(37-36-30)27-9-5-19-40-27/h1-13,16,19,25H,14-15,17-18,21H2,(H,35,36,37). The smallest absolute Gasteiger partial charge is 0.171 e. The lowest BCUT2D eigenvalue weighted by Gasteiger charge is -2.30. The third-order valence-electron chi connectivity index (χ3n) is 7.68. The number of pyridine rings is 1. The zero-order valence-corrected chi connectivity index (χ0v) is 22.7. The van der Waals surface area contributed by atoms with Crippen molar-refractivity contribution in [3.63, 3.8) is 0 Å². The highest BCUT2D eigenvalue weighted by atomic mass is 32.1. The summed E-state index contributed by atoms with van der Waals surface area (Å²) in [6.07, 6.45) is 4.12. The van der Waals surface area contributed by atoms with Crippen LogP contribution in [-0.2, 0) is 6.54 Å². The second kappa shape index (κ2) is 10.5.